The zero-order valence-electron chi connectivity index (χ0n) is 13.4. The van der Waals surface area contributed by atoms with Crippen LogP contribution in [0.15, 0.2) is 24.3 Å². The number of para-hydroxylation sites is 1. The lowest BCUT2D eigenvalue weighted by atomic mass is 10.0. The number of carboxylic acids is 1. The monoisotopic (exact) mass is 343 g/mol. The molecule has 1 N–H and O–H groups in total. The van der Waals surface area contributed by atoms with Crippen LogP contribution in [0, 0.1) is 0 Å². The molecule has 1 saturated heterocycles. The van der Waals surface area contributed by atoms with Gasteiger partial charge in [0.15, 0.2) is 6.10 Å². The molecule has 1 unspecified atom stereocenters. The lowest BCUT2D eigenvalue weighted by molar-refractivity contribution is -0.178. The predicted molar refractivity (Wildman–Crippen MR) is 80.1 cm³/mol. The predicted octanol–water partition coefficient (Wildman–Crippen LogP) is 1.88. The number of carboxylic acid groups (broad SMARTS) is 1. The Labute approximate surface area is 138 Å². The third-order valence-electron chi connectivity index (χ3n) is 3.62. The molecule has 2 atom stereocenters. The topological polar surface area (TPSA) is 76.1 Å². The molecule has 1 aromatic rings. The molecule has 1 aliphatic rings. The van der Waals surface area contributed by atoms with Gasteiger partial charge in [0.1, 0.15) is 5.75 Å². The molecule has 1 aromatic carbocycles. The van der Waals surface area contributed by atoms with Crippen LogP contribution in [0.1, 0.15) is 19.4 Å². The number of amides is 1. The van der Waals surface area contributed by atoms with Gasteiger partial charge in [-0.1, -0.05) is 12.1 Å². The second-order valence-electron chi connectivity index (χ2n) is 5.49. The van der Waals surface area contributed by atoms with E-state index in [1.165, 1.54) is 25.1 Å². The summed E-state index contributed by atoms with van der Waals surface area (Å²) in [4.78, 5) is 24.2. The van der Waals surface area contributed by atoms with Crippen molar-refractivity contribution < 1.29 is 33.0 Å². The van der Waals surface area contributed by atoms with Crippen LogP contribution >= 0.6 is 0 Å². The van der Waals surface area contributed by atoms with E-state index in [1.54, 1.807) is 6.92 Å². The van der Waals surface area contributed by atoms with Gasteiger partial charge >= 0.3 is 11.9 Å². The van der Waals surface area contributed by atoms with Gasteiger partial charge in [-0.2, -0.15) is 8.78 Å². The van der Waals surface area contributed by atoms with E-state index in [-0.39, 0.29) is 18.9 Å². The standard InChI is InChI=1S/C16H19F2NO5/c1-3-23-12-7-5-4-6-11(12)16(17,18)15(22)19-8-10(2)24-13(9-19)14(20)21/h4-7,10,13H,3,8-9H2,1-2H3,(H,20,21)/t10-,13?/m1/s1. The average molecular weight is 343 g/mol. The minimum atomic E-state index is -3.83. The lowest BCUT2D eigenvalue weighted by Gasteiger charge is -2.36. The van der Waals surface area contributed by atoms with Crippen molar-refractivity contribution in [2.24, 2.45) is 0 Å². The summed E-state index contributed by atoms with van der Waals surface area (Å²) in [6.07, 6.45) is -1.97. The summed E-state index contributed by atoms with van der Waals surface area (Å²) in [5.41, 5.74) is -0.539. The van der Waals surface area contributed by atoms with Gasteiger partial charge in [0.25, 0.3) is 5.91 Å². The van der Waals surface area contributed by atoms with Gasteiger partial charge in [0, 0.05) is 6.54 Å². The molecule has 0 bridgehead atoms. The summed E-state index contributed by atoms with van der Waals surface area (Å²) in [6.45, 7) is 2.83. The van der Waals surface area contributed by atoms with Crippen LogP contribution in [-0.2, 0) is 20.2 Å². The van der Waals surface area contributed by atoms with E-state index in [1.807, 2.05) is 0 Å². The van der Waals surface area contributed by atoms with Crippen molar-refractivity contribution >= 4 is 11.9 Å². The second-order valence-corrected chi connectivity index (χ2v) is 5.49. The van der Waals surface area contributed by atoms with Crippen LogP contribution in [0.3, 0.4) is 0 Å². The zero-order valence-corrected chi connectivity index (χ0v) is 13.4. The fourth-order valence-electron chi connectivity index (χ4n) is 2.57. The SMILES string of the molecule is CCOc1ccccc1C(F)(F)C(=O)N1CC(C(=O)O)O[C@H](C)C1. The van der Waals surface area contributed by atoms with Crippen LogP contribution in [0.5, 0.6) is 5.75 Å². The van der Waals surface area contributed by atoms with Gasteiger partial charge in [0.2, 0.25) is 0 Å². The van der Waals surface area contributed by atoms with Crippen molar-refractivity contribution in [1.82, 2.24) is 4.90 Å². The van der Waals surface area contributed by atoms with Gasteiger partial charge in [-0.3, -0.25) is 4.79 Å². The third kappa shape index (κ3) is 3.64. The molecular formula is C16H19F2NO5. The molecule has 8 heteroatoms. The number of morpholine rings is 1. The largest absolute Gasteiger partial charge is 0.493 e. The number of aliphatic carboxylic acids is 1. The van der Waals surface area contributed by atoms with E-state index in [0.717, 1.165) is 11.0 Å². The Hall–Kier alpha value is -2.22. The van der Waals surface area contributed by atoms with Gasteiger partial charge in [-0.15, -0.1) is 0 Å². The van der Waals surface area contributed by atoms with Gasteiger partial charge < -0.3 is 19.5 Å². The summed E-state index contributed by atoms with van der Waals surface area (Å²) in [5, 5.41) is 9.02. The first-order chi connectivity index (χ1) is 11.3. The average Bonchev–Trinajstić information content (AvgIpc) is 2.54. The Morgan fingerprint density at radius 2 is 2.04 bits per heavy atom. The molecule has 1 amide bonds. The molecule has 0 aromatic heterocycles. The highest BCUT2D eigenvalue weighted by atomic mass is 19.3. The van der Waals surface area contributed by atoms with E-state index >= 15 is 0 Å². The second kappa shape index (κ2) is 7.12. The number of carbonyl (C=O) groups is 2. The van der Waals surface area contributed by atoms with Crippen molar-refractivity contribution in [1.29, 1.82) is 0 Å². The number of alkyl halides is 2. The maximum atomic E-state index is 14.7. The smallest absolute Gasteiger partial charge is 0.353 e. The van der Waals surface area contributed by atoms with Gasteiger partial charge in [-0.05, 0) is 26.0 Å². The molecular weight excluding hydrogens is 324 g/mol. The fraction of sp³-hybridized carbons (Fsp3) is 0.500. The number of halogens is 2. The summed E-state index contributed by atoms with van der Waals surface area (Å²) in [5.74, 6) is -6.66. The summed E-state index contributed by atoms with van der Waals surface area (Å²) in [6, 6.07) is 5.41. The van der Waals surface area contributed by atoms with Gasteiger partial charge in [0.05, 0.1) is 24.8 Å². The van der Waals surface area contributed by atoms with Crippen molar-refractivity contribution in [2.45, 2.75) is 32.0 Å². The Balaban J connectivity index is 2.28. The van der Waals surface area contributed by atoms with Gasteiger partial charge in [-0.25, -0.2) is 4.79 Å². The lowest BCUT2D eigenvalue weighted by Crippen LogP contribution is -2.55. The van der Waals surface area contributed by atoms with Crippen molar-refractivity contribution in [3.63, 3.8) is 0 Å². The Morgan fingerprint density at radius 1 is 1.38 bits per heavy atom. The Kier molecular flexibility index (Phi) is 5.38. The molecule has 1 aliphatic heterocycles. The van der Waals surface area contributed by atoms with E-state index in [0.29, 0.717) is 0 Å². The molecule has 1 fully saturated rings. The first-order valence-electron chi connectivity index (χ1n) is 7.55. The normalized spacial score (nSPS) is 21.4. The Morgan fingerprint density at radius 3 is 2.67 bits per heavy atom. The summed E-state index contributed by atoms with van der Waals surface area (Å²) < 4.78 is 39.7. The van der Waals surface area contributed by atoms with Crippen molar-refractivity contribution in [3.05, 3.63) is 29.8 Å². The third-order valence-corrected chi connectivity index (χ3v) is 3.62. The van der Waals surface area contributed by atoms with E-state index < -0.39 is 42.1 Å². The first kappa shape index (κ1) is 18.1. The highest BCUT2D eigenvalue weighted by molar-refractivity contribution is 5.86. The van der Waals surface area contributed by atoms with Crippen LogP contribution in [0.4, 0.5) is 8.78 Å². The van der Waals surface area contributed by atoms with E-state index in [2.05, 4.69) is 0 Å². The zero-order chi connectivity index (χ0) is 17.9. The van der Waals surface area contributed by atoms with Crippen LogP contribution in [0.25, 0.3) is 0 Å². The molecule has 2 rings (SSSR count). The number of ether oxygens (including phenoxy) is 2. The molecule has 6 nitrogen and oxygen atoms in total. The molecule has 0 radical (unpaired) electrons. The number of benzene rings is 1. The quantitative estimate of drug-likeness (QED) is 0.883. The number of carbonyl (C=O) groups excluding carboxylic acids is 1. The maximum absolute atomic E-state index is 14.7. The molecule has 0 saturated carbocycles. The molecule has 1 heterocycles. The van der Waals surface area contributed by atoms with Crippen LogP contribution < -0.4 is 4.74 Å². The number of hydrogen-bond donors (Lipinski definition) is 1. The fourth-order valence-corrected chi connectivity index (χ4v) is 2.57. The van der Waals surface area contributed by atoms with Crippen LogP contribution in [-0.4, -0.2) is 53.8 Å². The first-order valence-corrected chi connectivity index (χ1v) is 7.55. The molecule has 0 spiro atoms. The van der Waals surface area contributed by atoms with E-state index in [9.17, 15) is 18.4 Å². The highest BCUT2D eigenvalue weighted by Crippen LogP contribution is 2.37. The maximum Gasteiger partial charge on any atom is 0.353 e. The number of hydrogen-bond acceptors (Lipinski definition) is 4. The van der Waals surface area contributed by atoms with E-state index in [4.69, 9.17) is 14.6 Å². The minimum Gasteiger partial charge on any atom is -0.493 e. The molecule has 24 heavy (non-hydrogen) atoms. The highest BCUT2D eigenvalue weighted by Gasteiger charge is 2.48. The molecule has 132 valence electrons. The molecule has 0 aliphatic carbocycles. The summed E-state index contributed by atoms with van der Waals surface area (Å²) >= 11 is 0. The van der Waals surface area contributed by atoms with Crippen molar-refractivity contribution in [2.75, 3.05) is 19.7 Å². The minimum absolute atomic E-state index is 0.0746. The number of nitrogens with zero attached hydrogens (tertiary/aromatic N) is 1. The summed E-state index contributed by atoms with van der Waals surface area (Å²) in [7, 11) is 0. The van der Waals surface area contributed by atoms with Crippen molar-refractivity contribution in [3.8, 4) is 5.75 Å². The Bertz CT molecular complexity index is 622. The number of rotatable bonds is 5. The van der Waals surface area contributed by atoms with Crippen LogP contribution in [0.2, 0.25) is 0 Å².